The molecule has 0 heterocycles. The standard InChI is InChI=1S/C28H58S3/c1-3-5-7-9-11-13-15-17-19-21-23-25-27-29-31-30-28-26-24-22-20-18-16-14-12-10-8-6-4-2/h3-28H2,1-2H3. The van der Waals surface area contributed by atoms with E-state index in [-0.39, 0.29) is 0 Å². The lowest BCUT2D eigenvalue weighted by Gasteiger charge is -2.04. The van der Waals surface area contributed by atoms with Crippen LogP contribution in [0.5, 0.6) is 0 Å². The predicted octanol–water partition coefficient (Wildman–Crippen LogP) is 12.4. The van der Waals surface area contributed by atoms with Gasteiger partial charge in [-0.05, 0) is 22.7 Å². The van der Waals surface area contributed by atoms with Gasteiger partial charge in [0.25, 0.3) is 0 Å². The average Bonchev–Trinajstić information content (AvgIpc) is 2.78. The van der Waals surface area contributed by atoms with Crippen LogP contribution in [0.3, 0.4) is 0 Å². The van der Waals surface area contributed by atoms with Gasteiger partial charge in [0, 0.05) is 11.5 Å². The lowest BCUT2D eigenvalue weighted by Crippen LogP contribution is -1.84. The van der Waals surface area contributed by atoms with Crippen molar-refractivity contribution in [2.45, 2.75) is 168 Å². The van der Waals surface area contributed by atoms with E-state index in [9.17, 15) is 0 Å². The minimum absolute atomic E-state index is 1.35. The van der Waals surface area contributed by atoms with Gasteiger partial charge in [0.1, 0.15) is 0 Å². The van der Waals surface area contributed by atoms with Crippen LogP contribution in [-0.4, -0.2) is 11.5 Å². The Balaban J connectivity index is 2.98. The number of hydrogen-bond acceptors (Lipinski definition) is 3. The van der Waals surface area contributed by atoms with Gasteiger partial charge in [-0.1, -0.05) is 177 Å². The van der Waals surface area contributed by atoms with Crippen molar-refractivity contribution >= 4 is 31.4 Å². The van der Waals surface area contributed by atoms with Gasteiger partial charge in [-0.25, -0.2) is 0 Å². The summed E-state index contributed by atoms with van der Waals surface area (Å²) < 4.78 is 0. The van der Waals surface area contributed by atoms with E-state index in [1.165, 1.54) is 166 Å². The predicted molar refractivity (Wildman–Crippen MR) is 155 cm³/mol. The van der Waals surface area contributed by atoms with Crippen LogP contribution < -0.4 is 0 Å². The van der Waals surface area contributed by atoms with Crippen LogP contribution >= 0.6 is 31.4 Å². The lowest BCUT2D eigenvalue weighted by molar-refractivity contribution is 0.548. The van der Waals surface area contributed by atoms with Gasteiger partial charge in [0.15, 0.2) is 0 Å². The van der Waals surface area contributed by atoms with E-state index in [0.717, 1.165) is 0 Å². The third-order valence-corrected chi connectivity index (χ3v) is 10.7. The van der Waals surface area contributed by atoms with E-state index in [4.69, 9.17) is 0 Å². The first-order valence-corrected chi connectivity index (χ1v) is 18.1. The first-order valence-electron chi connectivity index (χ1n) is 14.3. The zero-order chi connectivity index (χ0) is 22.5. The zero-order valence-electron chi connectivity index (χ0n) is 21.6. The van der Waals surface area contributed by atoms with Gasteiger partial charge in [0.2, 0.25) is 0 Å². The van der Waals surface area contributed by atoms with Crippen LogP contribution in [0.2, 0.25) is 0 Å². The Morgan fingerprint density at radius 1 is 0.290 bits per heavy atom. The van der Waals surface area contributed by atoms with E-state index in [2.05, 4.69) is 45.3 Å². The molecule has 31 heavy (non-hydrogen) atoms. The molecule has 0 aromatic carbocycles. The van der Waals surface area contributed by atoms with Crippen molar-refractivity contribution in [2.24, 2.45) is 0 Å². The summed E-state index contributed by atoms with van der Waals surface area (Å²) in [5.41, 5.74) is 0. The molecule has 0 aliphatic rings. The van der Waals surface area contributed by atoms with E-state index in [1.807, 2.05) is 0 Å². The molecule has 0 aromatic heterocycles. The normalized spacial score (nSPS) is 11.4. The van der Waals surface area contributed by atoms with Crippen LogP contribution in [0.25, 0.3) is 0 Å². The van der Waals surface area contributed by atoms with Crippen LogP contribution in [0.1, 0.15) is 168 Å². The Morgan fingerprint density at radius 2 is 0.516 bits per heavy atom. The molecule has 0 radical (unpaired) electrons. The van der Waals surface area contributed by atoms with E-state index >= 15 is 0 Å². The van der Waals surface area contributed by atoms with Crippen LogP contribution in [-0.2, 0) is 0 Å². The molecule has 0 saturated heterocycles. The van der Waals surface area contributed by atoms with Crippen molar-refractivity contribution in [3.63, 3.8) is 0 Å². The Hall–Kier alpha value is 1.05. The fourth-order valence-corrected chi connectivity index (χ4v) is 8.11. The van der Waals surface area contributed by atoms with Gasteiger partial charge < -0.3 is 0 Å². The fraction of sp³-hybridized carbons (Fsp3) is 1.00. The molecular formula is C28H58S3. The summed E-state index contributed by atoms with van der Waals surface area (Å²) in [5, 5.41) is 0. The number of unbranched alkanes of at least 4 members (excludes halogenated alkanes) is 22. The highest BCUT2D eigenvalue weighted by molar-refractivity contribution is 9.09. The summed E-state index contributed by atoms with van der Waals surface area (Å²) in [5.74, 6) is 2.71. The van der Waals surface area contributed by atoms with E-state index < -0.39 is 0 Å². The second-order valence-electron chi connectivity index (χ2n) is 9.49. The molecule has 0 saturated carbocycles. The van der Waals surface area contributed by atoms with Crippen molar-refractivity contribution in [2.75, 3.05) is 11.5 Å². The monoisotopic (exact) mass is 490 g/mol. The third kappa shape index (κ3) is 31.0. The highest BCUT2D eigenvalue weighted by Crippen LogP contribution is 2.35. The molecule has 0 aliphatic heterocycles. The summed E-state index contributed by atoms with van der Waals surface area (Å²) in [6.45, 7) is 4.60. The molecule has 188 valence electrons. The summed E-state index contributed by atoms with van der Waals surface area (Å²) >= 11 is 0. The van der Waals surface area contributed by atoms with E-state index in [0.29, 0.717) is 0 Å². The number of hydrogen-bond donors (Lipinski definition) is 0. The first-order chi connectivity index (χ1) is 15.4. The number of rotatable bonds is 28. The van der Waals surface area contributed by atoms with Gasteiger partial charge in [-0.15, -0.1) is 0 Å². The van der Waals surface area contributed by atoms with Gasteiger partial charge >= 0.3 is 0 Å². The second-order valence-corrected chi connectivity index (χ2v) is 14.0. The van der Waals surface area contributed by atoms with Crippen molar-refractivity contribution in [3.8, 4) is 0 Å². The van der Waals surface area contributed by atoms with Crippen molar-refractivity contribution in [3.05, 3.63) is 0 Å². The Bertz CT molecular complexity index is 268. The van der Waals surface area contributed by atoms with Crippen LogP contribution in [0, 0.1) is 0 Å². The molecule has 0 rings (SSSR count). The van der Waals surface area contributed by atoms with E-state index in [1.54, 1.807) is 0 Å². The first kappa shape index (κ1) is 32.0. The second kappa shape index (κ2) is 31.0. The molecule has 0 unspecified atom stereocenters. The molecule has 0 bridgehead atoms. The maximum atomic E-state index is 2.30. The maximum absolute atomic E-state index is 2.30. The lowest BCUT2D eigenvalue weighted by atomic mass is 10.1. The van der Waals surface area contributed by atoms with Crippen molar-refractivity contribution in [1.82, 2.24) is 0 Å². The largest absolute Gasteiger partial charge is 0.0826 e. The van der Waals surface area contributed by atoms with Gasteiger partial charge in [-0.2, -0.15) is 0 Å². The SMILES string of the molecule is CCCCCCCCCCCCCCSSSCCCCCCCCCCCCCC. The molecule has 0 nitrogen and oxygen atoms in total. The zero-order valence-corrected chi connectivity index (χ0v) is 24.1. The highest BCUT2D eigenvalue weighted by atomic mass is 33.5. The molecule has 0 spiro atoms. The van der Waals surface area contributed by atoms with Crippen LogP contribution in [0.4, 0.5) is 0 Å². The third-order valence-electron chi connectivity index (χ3n) is 6.26. The fourth-order valence-electron chi connectivity index (χ4n) is 4.11. The molecule has 0 aliphatic carbocycles. The summed E-state index contributed by atoms with van der Waals surface area (Å²) in [7, 11) is 6.25. The molecule has 0 N–H and O–H groups in total. The summed E-state index contributed by atoms with van der Waals surface area (Å²) in [6, 6.07) is 0. The minimum atomic E-state index is 1.35. The molecule has 0 amide bonds. The van der Waals surface area contributed by atoms with Crippen LogP contribution in [0.15, 0.2) is 0 Å². The highest BCUT2D eigenvalue weighted by Gasteiger charge is 1.97. The molecule has 0 fully saturated rings. The minimum Gasteiger partial charge on any atom is -0.0826 e. The molecule has 0 aromatic rings. The van der Waals surface area contributed by atoms with Crippen molar-refractivity contribution in [1.29, 1.82) is 0 Å². The average molecular weight is 491 g/mol. The summed E-state index contributed by atoms with van der Waals surface area (Å²) in [4.78, 5) is 0. The Labute approximate surface area is 210 Å². The Morgan fingerprint density at radius 3 is 0.774 bits per heavy atom. The van der Waals surface area contributed by atoms with Crippen molar-refractivity contribution < 1.29 is 0 Å². The topological polar surface area (TPSA) is 0 Å². The quantitative estimate of drug-likeness (QED) is 0.0790. The molecule has 0 atom stereocenters. The smallest absolute Gasteiger partial charge is 0.00451 e. The Kier molecular flexibility index (Phi) is 32.1. The summed E-state index contributed by atoms with van der Waals surface area (Å²) in [6.07, 6.45) is 34.9. The van der Waals surface area contributed by atoms with Gasteiger partial charge in [-0.3, -0.25) is 0 Å². The molecular weight excluding hydrogens is 433 g/mol. The molecule has 3 heteroatoms. The maximum Gasteiger partial charge on any atom is 0.00451 e. The van der Waals surface area contributed by atoms with Gasteiger partial charge in [0.05, 0.1) is 0 Å².